The fourth-order valence-corrected chi connectivity index (χ4v) is 1.93. The first-order chi connectivity index (χ1) is 9.08. The van der Waals surface area contributed by atoms with Crippen molar-refractivity contribution in [2.75, 3.05) is 11.9 Å². The zero-order valence-electron chi connectivity index (χ0n) is 9.73. The molecule has 0 saturated carbocycles. The van der Waals surface area contributed by atoms with Gasteiger partial charge in [-0.3, -0.25) is 10.1 Å². The summed E-state index contributed by atoms with van der Waals surface area (Å²) in [5.74, 6) is 0.801. The Kier molecular flexibility index (Phi) is 4.29. The molecule has 19 heavy (non-hydrogen) atoms. The second-order valence-corrected chi connectivity index (χ2v) is 4.61. The molecule has 1 aromatic carbocycles. The Labute approximate surface area is 119 Å². The maximum Gasteiger partial charge on any atom is 0.293 e. The lowest BCUT2D eigenvalue weighted by atomic mass is 10.2. The summed E-state index contributed by atoms with van der Waals surface area (Å²) in [4.78, 5) is 10.4. The molecule has 1 aromatic heterocycles. The van der Waals surface area contributed by atoms with Gasteiger partial charge in [0.25, 0.3) is 5.69 Å². The van der Waals surface area contributed by atoms with Crippen molar-refractivity contribution in [2.24, 2.45) is 0 Å². The first-order valence-corrected chi connectivity index (χ1v) is 6.23. The fraction of sp³-hybridized carbons (Fsp3) is 0.167. The maximum absolute atomic E-state index is 10.9. The molecular weight excluding hydrogens is 291 g/mol. The molecule has 0 spiro atoms. The van der Waals surface area contributed by atoms with Crippen molar-refractivity contribution in [2.45, 2.75) is 6.42 Å². The van der Waals surface area contributed by atoms with E-state index in [2.05, 4.69) is 5.32 Å². The molecule has 1 N–H and O–H groups in total. The lowest BCUT2D eigenvalue weighted by Crippen LogP contribution is -2.06. The zero-order valence-corrected chi connectivity index (χ0v) is 11.2. The van der Waals surface area contributed by atoms with Crippen LogP contribution in [-0.4, -0.2) is 11.5 Å². The molecule has 0 fully saturated rings. The van der Waals surface area contributed by atoms with E-state index in [1.165, 1.54) is 12.1 Å². The minimum atomic E-state index is -0.503. The summed E-state index contributed by atoms with van der Waals surface area (Å²) in [5.41, 5.74) is 0.236. The highest BCUT2D eigenvalue weighted by atomic mass is 35.5. The molecule has 0 unspecified atom stereocenters. The van der Waals surface area contributed by atoms with Gasteiger partial charge in [0, 0.05) is 19.0 Å². The first kappa shape index (κ1) is 13.7. The predicted molar refractivity (Wildman–Crippen MR) is 74.0 cm³/mol. The Bertz CT molecular complexity index is 585. The SMILES string of the molecule is O=[N+]([O-])c1cc(Cl)c(Cl)cc1NCCc1ccco1. The Morgan fingerprint density at radius 2 is 2.05 bits per heavy atom. The molecule has 5 nitrogen and oxygen atoms in total. The minimum absolute atomic E-state index is 0.103. The van der Waals surface area contributed by atoms with Crippen molar-refractivity contribution >= 4 is 34.6 Å². The molecule has 2 aromatic rings. The van der Waals surface area contributed by atoms with Crippen molar-refractivity contribution in [3.8, 4) is 0 Å². The van der Waals surface area contributed by atoms with Gasteiger partial charge in [-0.25, -0.2) is 0 Å². The topological polar surface area (TPSA) is 68.3 Å². The van der Waals surface area contributed by atoms with Gasteiger partial charge >= 0.3 is 0 Å². The van der Waals surface area contributed by atoms with Crippen LogP contribution in [-0.2, 0) is 6.42 Å². The van der Waals surface area contributed by atoms with Crippen LogP contribution in [0.25, 0.3) is 0 Å². The van der Waals surface area contributed by atoms with E-state index in [9.17, 15) is 10.1 Å². The second-order valence-electron chi connectivity index (χ2n) is 3.80. The number of nitrogens with zero attached hydrogens (tertiary/aromatic N) is 1. The molecule has 100 valence electrons. The van der Waals surface area contributed by atoms with Gasteiger partial charge in [0.1, 0.15) is 11.4 Å². The monoisotopic (exact) mass is 300 g/mol. The molecule has 0 radical (unpaired) electrons. The molecule has 0 aliphatic heterocycles. The predicted octanol–water partition coefficient (Wildman–Crippen LogP) is 4.15. The van der Waals surface area contributed by atoms with Crippen LogP contribution in [0.1, 0.15) is 5.76 Å². The number of furan rings is 1. The van der Waals surface area contributed by atoms with Crippen LogP contribution in [0.15, 0.2) is 34.9 Å². The lowest BCUT2D eigenvalue weighted by molar-refractivity contribution is -0.383. The summed E-state index contributed by atoms with van der Waals surface area (Å²) in [6.45, 7) is 0.492. The number of anilines is 1. The highest BCUT2D eigenvalue weighted by molar-refractivity contribution is 6.42. The molecule has 1 heterocycles. The van der Waals surface area contributed by atoms with E-state index in [1.807, 2.05) is 6.07 Å². The summed E-state index contributed by atoms with van der Waals surface area (Å²) in [6.07, 6.45) is 2.20. The van der Waals surface area contributed by atoms with E-state index < -0.39 is 4.92 Å². The standard InChI is InChI=1S/C12H10Cl2N2O3/c13-9-6-11(12(16(17)18)7-10(9)14)15-4-3-8-2-1-5-19-8/h1-2,5-7,15H,3-4H2. The van der Waals surface area contributed by atoms with Gasteiger partial charge in [0.15, 0.2) is 0 Å². The number of nitro groups is 1. The molecule has 0 aliphatic carbocycles. The smallest absolute Gasteiger partial charge is 0.293 e. The van der Waals surface area contributed by atoms with Crippen molar-refractivity contribution in [3.63, 3.8) is 0 Å². The van der Waals surface area contributed by atoms with Crippen molar-refractivity contribution in [1.82, 2.24) is 0 Å². The van der Waals surface area contributed by atoms with Crippen molar-refractivity contribution in [1.29, 1.82) is 0 Å². The summed E-state index contributed by atoms with van der Waals surface area (Å²) in [7, 11) is 0. The van der Waals surface area contributed by atoms with E-state index in [1.54, 1.807) is 12.3 Å². The number of rotatable bonds is 5. The zero-order chi connectivity index (χ0) is 13.8. The molecule has 2 rings (SSSR count). The van der Waals surface area contributed by atoms with E-state index in [-0.39, 0.29) is 15.7 Å². The second kappa shape index (κ2) is 5.95. The van der Waals surface area contributed by atoms with Gasteiger partial charge in [-0.15, -0.1) is 0 Å². The number of hydrogen-bond donors (Lipinski definition) is 1. The Morgan fingerprint density at radius 3 is 2.68 bits per heavy atom. The number of hydrogen-bond acceptors (Lipinski definition) is 4. The quantitative estimate of drug-likeness (QED) is 0.665. The van der Waals surface area contributed by atoms with E-state index in [4.69, 9.17) is 27.6 Å². The highest BCUT2D eigenvalue weighted by Crippen LogP contribution is 2.33. The van der Waals surface area contributed by atoms with Crippen LogP contribution < -0.4 is 5.32 Å². The Balaban J connectivity index is 2.10. The Hall–Kier alpha value is -1.72. The third-order valence-electron chi connectivity index (χ3n) is 2.50. The van der Waals surface area contributed by atoms with E-state index >= 15 is 0 Å². The average Bonchev–Trinajstić information content (AvgIpc) is 2.86. The lowest BCUT2D eigenvalue weighted by Gasteiger charge is -2.07. The number of benzene rings is 1. The van der Waals surface area contributed by atoms with Gasteiger partial charge in [0.05, 0.1) is 21.2 Å². The molecular formula is C12H10Cl2N2O3. The normalized spacial score (nSPS) is 10.4. The third kappa shape index (κ3) is 3.39. The first-order valence-electron chi connectivity index (χ1n) is 5.47. The molecule has 0 amide bonds. The summed E-state index contributed by atoms with van der Waals surface area (Å²) < 4.78 is 5.17. The maximum atomic E-state index is 10.9. The van der Waals surface area contributed by atoms with E-state index in [0.717, 1.165) is 5.76 Å². The summed E-state index contributed by atoms with van der Waals surface area (Å²) in [5, 5.41) is 14.3. The van der Waals surface area contributed by atoms with Gasteiger partial charge in [-0.05, 0) is 18.2 Å². The summed E-state index contributed by atoms with van der Waals surface area (Å²) >= 11 is 11.6. The summed E-state index contributed by atoms with van der Waals surface area (Å²) in [6, 6.07) is 6.31. The largest absolute Gasteiger partial charge is 0.469 e. The van der Waals surface area contributed by atoms with Crippen LogP contribution >= 0.6 is 23.2 Å². The minimum Gasteiger partial charge on any atom is -0.469 e. The fourth-order valence-electron chi connectivity index (χ4n) is 1.60. The van der Waals surface area contributed by atoms with Crippen LogP contribution in [0.5, 0.6) is 0 Å². The number of halogens is 2. The van der Waals surface area contributed by atoms with Gasteiger partial charge in [-0.1, -0.05) is 23.2 Å². The van der Waals surface area contributed by atoms with Crippen LogP contribution in [0.2, 0.25) is 10.0 Å². The highest BCUT2D eigenvalue weighted by Gasteiger charge is 2.16. The van der Waals surface area contributed by atoms with Gasteiger partial charge in [0.2, 0.25) is 0 Å². The Morgan fingerprint density at radius 1 is 1.32 bits per heavy atom. The van der Waals surface area contributed by atoms with Gasteiger partial charge < -0.3 is 9.73 Å². The van der Waals surface area contributed by atoms with Crippen molar-refractivity contribution in [3.05, 3.63) is 56.4 Å². The van der Waals surface area contributed by atoms with Crippen molar-refractivity contribution < 1.29 is 9.34 Å². The molecule has 0 atom stereocenters. The molecule has 0 bridgehead atoms. The number of nitro benzene ring substituents is 1. The average molecular weight is 301 g/mol. The van der Waals surface area contributed by atoms with Crippen LogP contribution in [0.4, 0.5) is 11.4 Å². The molecule has 7 heteroatoms. The third-order valence-corrected chi connectivity index (χ3v) is 3.22. The van der Waals surface area contributed by atoms with E-state index in [0.29, 0.717) is 18.7 Å². The van der Waals surface area contributed by atoms with Crippen LogP contribution in [0.3, 0.4) is 0 Å². The molecule has 0 saturated heterocycles. The number of nitrogens with one attached hydrogen (secondary N) is 1. The molecule has 0 aliphatic rings. The van der Waals surface area contributed by atoms with Gasteiger partial charge in [-0.2, -0.15) is 0 Å². The van der Waals surface area contributed by atoms with Crippen LogP contribution in [0, 0.1) is 10.1 Å².